The minimum atomic E-state index is -0.368. The molecule has 2 saturated heterocycles. The number of hydrogen-bond acceptors (Lipinski definition) is 3. The summed E-state index contributed by atoms with van der Waals surface area (Å²) >= 11 is 0. The Morgan fingerprint density at radius 2 is 1.95 bits per heavy atom. The Balaban J connectivity index is 1.98. The number of hydrogen-bond donors (Lipinski definition) is 1. The van der Waals surface area contributed by atoms with E-state index < -0.39 is 0 Å². The van der Waals surface area contributed by atoms with Crippen molar-refractivity contribution >= 4 is 5.91 Å². The van der Waals surface area contributed by atoms with Crippen LogP contribution in [0.3, 0.4) is 0 Å². The van der Waals surface area contributed by atoms with Crippen molar-refractivity contribution in [1.82, 2.24) is 9.80 Å². The Morgan fingerprint density at radius 1 is 1.26 bits per heavy atom. The second-order valence-electron chi connectivity index (χ2n) is 6.41. The molecule has 2 atom stereocenters. The molecule has 0 aromatic heterocycles. The molecule has 2 rings (SSSR count). The number of carbonyl (C=O) groups excluding carboxylic acids is 1. The summed E-state index contributed by atoms with van der Waals surface area (Å²) in [5, 5.41) is 0. The quantitative estimate of drug-likeness (QED) is 0.838. The minimum Gasteiger partial charge on any atom is -0.341 e. The van der Waals surface area contributed by atoms with Crippen molar-refractivity contribution in [2.45, 2.75) is 52.0 Å². The summed E-state index contributed by atoms with van der Waals surface area (Å²) in [4.78, 5) is 17.3. The highest BCUT2D eigenvalue weighted by Crippen LogP contribution is 2.27. The van der Waals surface area contributed by atoms with Gasteiger partial charge in [0.05, 0.1) is 5.41 Å². The van der Waals surface area contributed by atoms with E-state index in [-0.39, 0.29) is 11.3 Å². The lowest BCUT2D eigenvalue weighted by Crippen LogP contribution is -2.53. The molecule has 2 fully saturated rings. The molecule has 110 valence electrons. The Labute approximate surface area is 117 Å². The first-order chi connectivity index (χ1) is 9.10. The summed E-state index contributed by atoms with van der Waals surface area (Å²) in [5.41, 5.74) is 5.46. The van der Waals surface area contributed by atoms with Crippen molar-refractivity contribution < 1.29 is 4.79 Å². The largest absolute Gasteiger partial charge is 0.341 e. The van der Waals surface area contributed by atoms with E-state index in [0.717, 1.165) is 25.9 Å². The molecule has 0 spiro atoms. The highest BCUT2D eigenvalue weighted by Gasteiger charge is 2.37. The van der Waals surface area contributed by atoms with E-state index in [0.29, 0.717) is 12.6 Å². The Hall–Kier alpha value is -0.610. The van der Waals surface area contributed by atoms with Crippen LogP contribution in [0.2, 0.25) is 0 Å². The second kappa shape index (κ2) is 6.23. The van der Waals surface area contributed by atoms with E-state index in [1.165, 1.54) is 32.4 Å². The van der Waals surface area contributed by atoms with E-state index in [2.05, 4.69) is 16.7 Å². The highest BCUT2D eigenvalue weighted by atomic mass is 16.2. The van der Waals surface area contributed by atoms with E-state index in [1.807, 2.05) is 6.92 Å². The van der Waals surface area contributed by atoms with Gasteiger partial charge in [0.2, 0.25) is 5.91 Å². The number of nitrogens with two attached hydrogens (primary N) is 1. The van der Waals surface area contributed by atoms with Crippen molar-refractivity contribution in [3.8, 4) is 0 Å². The van der Waals surface area contributed by atoms with Crippen LogP contribution in [0.15, 0.2) is 0 Å². The van der Waals surface area contributed by atoms with E-state index in [4.69, 9.17) is 5.73 Å². The molecule has 0 aromatic carbocycles. The first kappa shape index (κ1) is 14.8. The zero-order valence-corrected chi connectivity index (χ0v) is 12.5. The maximum Gasteiger partial charge on any atom is 0.229 e. The molecular weight excluding hydrogens is 238 g/mol. The third-order valence-corrected chi connectivity index (χ3v) is 5.09. The molecule has 19 heavy (non-hydrogen) atoms. The van der Waals surface area contributed by atoms with Crippen LogP contribution in [-0.4, -0.2) is 54.5 Å². The summed E-state index contributed by atoms with van der Waals surface area (Å²) in [6, 6.07) is 0.582. The fraction of sp³-hybridized carbons (Fsp3) is 0.933. The Morgan fingerprint density at radius 3 is 2.53 bits per heavy atom. The summed E-state index contributed by atoms with van der Waals surface area (Å²) in [6.07, 6.45) is 5.85. The fourth-order valence-corrected chi connectivity index (χ4v) is 3.31. The third kappa shape index (κ3) is 3.11. The molecule has 0 aliphatic carbocycles. The fourth-order valence-electron chi connectivity index (χ4n) is 3.31. The summed E-state index contributed by atoms with van der Waals surface area (Å²) in [5.74, 6) is 0.265. The SMILES string of the molecule is CCC(C)(CN)C(=O)N1CCCC(N2CCCC2)C1. The standard InChI is InChI=1S/C15H29N3O/c1-3-15(2,12-16)14(19)18-10-6-7-13(11-18)17-8-4-5-9-17/h13H,3-12,16H2,1-2H3. The highest BCUT2D eigenvalue weighted by molar-refractivity contribution is 5.82. The average molecular weight is 267 g/mol. The molecule has 0 aromatic rings. The van der Waals surface area contributed by atoms with Gasteiger partial charge in [0.1, 0.15) is 0 Å². The number of piperidine rings is 1. The van der Waals surface area contributed by atoms with Gasteiger partial charge in [-0.3, -0.25) is 9.69 Å². The predicted molar refractivity (Wildman–Crippen MR) is 77.9 cm³/mol. The van der Waals surface area contributed by atoms with Gasteiger partial charge in [0, 0.05) is 25.7 Å². The van der Waals surface area contributed by atoms with Crippen LogP contribution < -0.4 is 5.73 Å². The minimum absolute atomic E-state index is 0.265. The van der Waals surface area contributed by atoms with Crippen LogP contribution >= 0.6 is 0 Å². The van der Waals surface area contributed by atoms with Gasteiger partial charge in [0.25, 0.3) is 0 Å². The lowest BCUT2D eigenvalue weighted by atomic mass is 9.85. The lowest BCUT2D eigenvalue weighted by Gasteiger charge is -2.41. The molecule has 2 unspecified atom stereocenters. The number of rotatable bonds is 4. The van der Waals surface area contributed by atoms with Crippen molar-refractivity contribution in [2.24, 2.45) is 11.1 Å². The molecule has 2 N–H and O–H groups in total. The average Bonchev–Trinajstić information content (AvgIpc) is 3.00. The van der Waals surface area contributed by atoms with Crippen LogP contribution in [0, 0.1) is 5.41 Å². The van der Waals surface area contributed by atoms with Crippen molar-refractivity contribution in [3.63, 3.8) is 0 Å². The predicted octanol–water partition coefficient (Wildman–Crippen LogP) is 1.45. The van der Waals surface area contributed by atoms with Crippen LogP contribution in [0.25, 0.3) is 0 Å². The molecule has 2 aliphatic heterocycles. The number of carbonyl (C=O) groups is 1. The van der Waals surface area contributed by atoms with E-state index >= 15 is 0 Å². The van der Waals surface area contributed by atoms with E-state index in [9.17, 15) is 4.79 Å². The molecule has 0 radical (unpaired) electrons. The van der Waals surface area contributed by atoms with Gasteiger partial charge in [-0.1, -0.05) is 6.92 Å². The zero-order chi connectivity index (χ0) is 13.9. The molecule has 2 heterocycles. The van der Waals surface area contributed by atoms with Crippen LogP contribution in [0.4, 0.5) is 0 Å². The van der Waals surface area contributed by atoms with Gasteiger partial charge in [-0.25, -0.2) is 0 Å². The van der Waals surface area contributed by atoms with Gasteiger partial charge in [-0.05, 0) is 52.1 Å². The molecule has 4 heteroatoms. The second-order valence-corrected chi connectivity index (χ2v) is 6.41. The topological polar surface area (TPSA) is 49.6 Å². The van der Waals surface area contributed by atoms with Crippen LogP contribution in [-0.2, 0) is 4.79 Å². The normalized spacial score (nSPS) is 28.4. The van der Waals surface area contributed by atoms with Gasteiger partial charge >= 0.3 is 0 Å². The lowest BCUT2D eigenvalue weighted by molar-refractivity contribution is -0.143. The van der Waals surface area contributed by atoms with E-state index in [1.54, 1.807) is 0 Å². The maximum absolute atomic E-state index is 12.7. The maximum atomic E-state index is 12.7. The van der Waals surface area contributed by atoms with Gasteiger partial charge in [-0.2, -0.15) is 0 Å². The Kier molecular flexibility index (Phi) is 4.85. The zero-order valence-electron chi connectivity index (χ0n) is 12.5. The molecular formula is C15H29N3O. The van der Waals surface area contributed by atoms with Crippen LogP contribution in [0.5, 0.6) is 0 Å². The smallest absolute Gasteiger partial charge is 0.229 e. The Bertz CT molecular complexity index is 309. The first-order valence-electron chi connectivity index (χ1n) is 7.84. The molecule has 2 aliphatic rings. The molecule has 0 saturated carbocycles. The van der Waals surface area contributed by atoms with Crippen molar-refractivity contribution in [1.29, 1.82) is 0 Å². The summed E-state index contributed by atoms with van der Waals surface area (Å²) in [7, 11) is 0. The summed E-state index contributed by atoms with van der Waals surface area (Å²) < 4.78 is 0. The van der Waals surface area contributed by atoms with Gasteiger partial charge in [0.15, 0.2) is 0 Å². The monoisotopic (exact) mass is 267 g/mol. The summed E-state index contributed by atoms with van der Waals surface area (Å²) in [6.45, 7) is 8.78. The first-order valence-corrected chi connectivity index (χ1v) is 7.84. The number of amides is 1. The molecule has 0 bridgehead atoms. The third-order valence-electron chi connectivity index (χ3n) is 5.09. The van der Waals surface area contributed by atoms with Crippen LogP contribution in [0.1, 0.15) is 46.0 Å². The van der Waals surface area contributed by atoms with Gasteiger partial charge in [-0.15, -0.1) is 0 Å². The number of nitrogens with zero attached hydrogens (tertiary/aromatic N) is 2. The number of likely N-dealkylation sites (tertiary alicyclic amines) is 2. The van der Waals surface area contributed by atoms with Crippen molar-refractivity contribution in [2.75, 3.05) is 32.7 Å². The van der Waals surface area contributed by atoms with Crippen molar-refractivity contribution in [3.05, 3.63) is 0 Å². The molecule has 1 amide bonds. The molecule has 4 nitrogen and oxygen atoms in total. The van der Waals surface area contributed by atoms with Gasteiger partial charge < -0.3 is 10.6 Å².